The number of benzene rings is 3. The van der Waals surface area contributed by atoms with Crippen molar-refractivity contribution in [3.05, 3.63) is 86.4 Å². The first-order chi connectivity index (χ1) is 19.9. The second-order valence-corrected chi connectivity index (χ2v) is 13.2. The molecule has 0 heterocycles. The quantitative estimate of drug-likeness (QED) is 0.135. The Morgan fingerprint density at radius 3 is 2.26 bits per heavy atom. The van der Waals surface area contributed by atoms with Crippen molar-refractivity contribution in [3.8, 4) is 0 Å². The van der Waals surface area contributed by atoms with Crippen LogP contribution in [-0.2, 0) is 9.53 Å². The zero-order chi connectivity index (χ0) is 32.0. The van der Waals surface area contributed by atoms with Crippen LogP contribution in [0.5, 0.6) is 0 Å². The fourth-order valence-electron chi connectivity index (χ4n) is 4.20. The van der Waals surface area contributed by atoms with Crippen molar-refractivity contribution >= 4 is 85.7 Å². The average molecular weight is 726 g/mol. The van der Waals surface area contributed by atoms with E-state index < -0.39 is 74.3 Å². The fraction of sp³-hybridized carbons (Fsp3) is 0.250. The third-order valence-electron chi connectivity index (χ3n) is 6.14. The third kappa shape index (κ3) is 7.19. The highest BCUT2D eigenvalue weighted by atomic mass is 79.9. The first-order valence-electron chi connectivity index (χ1n) is 12.3. The fourth-order valence-corrected chi connectivity index (χ4v) is 5.66. The van der Waals surface area contributed by atoms with E-state index in [-0.39, 0.29) is 26.3 Å². The Labute approximate surface area is 266 Å². The zero-order valence-electron chi connectivity index (χ0n) is 22.4. The molecule has 2 atom stereocenters. The third-order valence-corrected chi connectivity index (χ3v) is 7.98. The SMILES string of the molecule is CC(C)(C)OC(=O)Nc1c(F)ccc(NC(=O)c2cc(NC(=O)C3C(c4cc(F)cc(Br)c4F)C3(Cl)Cl)ccc2Cl)c1F. The average Bonchev–Trinajstić information content (AvgIpc) is 3.47. The van der Waals surface area contributed by atoms with E-state index in [0.29, 0.717) is 0 Å². The zero-order valence-corrected chi connectivity index (χ0v) is 26.2. The molecule has 0 bridgehead atoms. The minimum absolute atomic E-state index is 0.0436. The van der Waals surface area contributed by atoms with Crippen LogP contribution in [0.3, 0.4) is 0 Å². The van der Waals surface area contributed by atoms with Gasteiger partial charge in [-0.05, 0) is 84.7 Å². The van der Waals surface area contributed by atoms with Gasteiger partial charge in [0.1, 0.15) is 33.1 Å². The summed E-state index contributed by atoms with van der Waals surface area (Å²) in [6.07, 6.45) is -1.12. The molecule has 0 radical (unpaired) electrons. The Morgan fingerprint density at radius 2 is 1.60 bits per heavy atom. The minimum atomic E-state index is -1.75. The molecule has 15 heteroatoms. The molecule has 228 valence electrons. The highest BCUT2D eigenvalue weighted by Crippen LogP contribution is 2.65. The highest BCUT2D eigenvalue weighted by Gasteiger charge is 2.68. The molecule has 0 saturated heterocycles. The number of amides is 3. The highest BCUT2D eigenvalue weighted by molar-refractivity contribution is 9.10. The summed E-state index contributed by atoms with van der Waals surface area (Å²) >= 11 is 21.6. The predicted molar refractivity (Wildman–Crippen MR) is 159 cm³/mol. The topological polar surface area (TPSA) is 96.5 Å². The minimum Gasteiger partial charge on any atom is -0.444 e. The van der Waals surface area contributed by atoms with E-state index in [9.17, 15) is 27.6 Å². The Morgan fingerprint density at radius 1 is 0.930 bits per heavy atom. The number of halogens is 8. The number of carbonyl (C=O) groups excluding carboxylic acids is 3. The second-order valence-electron chi connectivity index (χ2n) is 10.5. The number of hydrogen-bond acceptors (Lipinski definition) is 4. The first kappa shape index (κ1) is 32.8. The van der Waals surface area contributed by atoms with Crippen LogP contribution in [0.15, 0.2) is 46.9 Å². The number of anilines is 3. The molecule has 3 N–H and O–H groups in total. The largest absolute Gasteiger partial charge is 0.444 e. The first-order valence-corrected chi connectivity index (χ1v) is 14.3. The van der Waals surface area contributed by atoms with E-state index in [2.05, 4.69) is 26.6 Å². The lowest BCUT2D eigenvalue weighted by Gasteiger charge is -2.20. The maximum Gasteiger partial charge on any atom is 0.412 e. The van der Waals surface area contributed by atoms with Crippen molar-refractivity contribution in [2.24, 2.45) is 5.92 Å². The molecule has 1 aliphatic carbocycles. The summed E-state index contributed by atoms with van der Waals surface area (Å²) in [4.78, 5) is 38.1. The van der Waals surface area contributed by atoms with Crippen LogP contribution < -0.4 is 16.0 Å². The van der Waals surface area contributed by atoms with E-state index >= 15 is 4.39 Å². The van der Waals surface area contributed by atoms with Gasteiger partial charge in [0.05, 0.1) is 26.7 Å². The van der Waals surface area contributed by atoms with Gasteiger partial charge in [0, 0.05) is 11.6 Å². The lowest BCUT2D eigenvalue weighted by Crippen LogP contribution is -2.28. The van der Waals surface area contributed by atoms with Gasteiger partial charge >= 0.3 is 6.09 Å². The molecule has 3 aromatic carbocycles. The number of rotatable bonds is 6. The van der Waals surface area contributed by atoms with Gasteiger partial charge < -0.3 is 15.4 Å². The van der Waals surface area contributed by atoms with Crippen LogP contribution in [-0.4, -0.2) is 27.8 Å². The molecule has 3 amide bonds. The van der Waals surface area contributed by atoms with Crippen molar-refractivity contribution in [2.45, 2.75) is 36.6 Å². The van der Waals surface area contributed by atoms with Gasteiger partial charge in [-0.2, -0.15) is 0 Å². The molecular formula is C28H21BrCl3F4N3O4. The summed E-state index contributed by atoms with van der Waals surface area (Å²) < 4.78 is 61.0. The van der Waals surface area contributed by atoms with E-state index in [1.54, 1.807) is 20.8 Å². The molecule has 0 aromatic heterocycles. The molecule has 43 heavy (non-hydrogen) atoms. The molecule has 2 unspecified atom stereocenters. The van der Waals surface area contributed by atoms with Crippen molar-refractivity contribution in [1.82, 2.24) is 0 Å². The van der Waals surface area contributed by atoms with Crippen LogP contribution >= 0.6 is 50.7 Å². The Kier molecular flexibility index (Phi) is 9.28. The molecular weight excluding hydrogens is 705 g/mol. The number of alkyl halides is 2. The normalized spacial score (nSPS) is 17.2. The Hall–Kier alpha value is -3.06. The monoisotopic (exact) mass is 723 g/mol. The lowest BCUT2D eigenvalue weighted by atomic mass is 10.1. The van der Waals surface area contributed by atoms with Crippen LogP contribution in [0, 0.1) is 29.2 Å². The van der Waals surface area contributed by atoms with Crippen molar-refractivity contribution in [3.63, 3.8) is 0 Å². The van der Waals surface area contributed by atoms with Crippen molar-refractivity contribution in [2.75, 3.05) is 16.0 Å². The molecule has 7 nitrogen and oxygen atoms in total. The summed E-state index contributed by atoms with van der Waals surface area (Å²) in [5, 5.41) is 6.62. The van der Waals surface area contributed by atoms with Gasteiger partial charge in [0.2, 0.25) is 5.91 Å². The standard InChI is InChI=1S/C28H21BrCl3F4N3O4/c1-27(2,3)43-26(42)39-23-17(34)6-7-18(22(23)36)38-24(40)13-10-12(4-5-16(13)30)37-25(41)20-19(28(20,31)32)14-8-11(33)9-15(29)21(14)35/h4-10,19-20H,1-3H3,(H,37,41)(H,38,40)(H,39,42). The van der Waals surface area contributed by atoms with Crippen LogP contribution in [0.1, 0.15) is 42.6 Å². The summed E-state index contributed by atoms with van der Waals surface area (Å²) in [6.45, 7) is 4.68. The number of hydrogen-bond donors (Lipinski definition) is 3. The summed E-state index contributed by atoms with van der Waals surface area (Å²) in [7, 11) is 0. The van der Waals surface area contributed by atoms with Gasteiger partial charge in [-0.1, -0.05) is 11.6 Å². The van der Waals surface area contributed by atoms with Crippen LogP contribution in [0.4, 0.5) is 39.4 Å². The number of ether oxygens (including phenoxy) is 1. The summed E-state index contributed by atoms with van der Waals surface area (Å²) in [6, 6.07) is 7.34. The summed E-state index contributed by atoms with van der Waals surface area (Å²) in [5.41, 5.74) is -2.67. The number of nitrogens with one attached hydrogen (secondary N) is 3. The lowest BCUT2D eigenvalue weighted by molar-refractivity contribution is -0.117. The number of carbonyl (C=O) groups is 3. The molecule has 4 rings (SSSR count). The van der Waals surface area contributed by atoms with Gasteiger partial charge in [-0.3, -0.25) is 14.9 Å². The summed E-state index contributed by atoms with van der Waals surface area (Å²) in [5.74, 6) is -7.98. The van der Waals surface area contributed by atoms with Crippen LogP contribution in [0.2, 0.25) is 5.02 Å². The van der Waals surface area contributed by atoms with E-state index in [4.69, 9.17) is 39.5 Å². The molecule has 0 spiro atoms. The smallest absolute Gasteiger partial charge is 0.412 e. The Balaban J connectivity index is 1.52. The maximum absolute atomic E-state index is 15.1. The van der Waals surface area contributed by atoms with Gasteiger partial charge in [0.15, 0.2) is 5.82 Å². The molecule has 0 aliphatic heterocycles. The van der Waals surface area contributed by atoms with Crippen molar-refractivity contribution in [1.29, 1.82) is 0 Å². The molecule has 1 aliphatic rings. The van der Waals surface area contributed by atoms with Crippen LogP contribution in [0.25, 0.3) is 0 Å². The second kappa shape index (κ2) is 12.1. The van der Waals surface area contributed by atoms with E-state index in [0.717, 1.165) is 30.3 Å². The van der Waals surface area contributed by atoms with E-state index in [1.807, 2.05) is 5.32 Å². The molecule has 3 aromatic rings. The van der Waals surface area contributed by atoms with E-state index in [1.165, 1.54) is 12.1 Å². The Bertz CT molecular complexity index is 1650. The molecule has 1 fully saturated rings. The van der Waals surface area contributed by atoms with Gasteiger partial charge in [-0.25, -0.2) is 22.4 Å². The predicted octanol–water partition coefficient (Wildman–Crippen LogP) is 8.78. The molecule has 1 saturated carbocycles. The maximum atomic E-state index is 15.1. The van der Waals surface area contributed by atoms with Gasteiger partial charge in [0.25, 0.3) is 5.91 Å². The van der Waals surface area contributed by atoms with Crippen molar-refractivity contribution < 1.29 is 36.7 Å². The van der Waals surface area contributed by atoms with Gasteiger partial charge in [-0.15, -0.1) is 23.2 Å².